The first-order valence-electron chi connectivity index (χ1n) is 4.39. The first-order valence-corrected chi connectivity index (χ1v) is 4.39. The van der Waals surface area contributed by atoms with Gasteiger partial charge in [0.15, 0.2) is 0 Å². The molecule has 0 amide bonds. The number of rotatable bonds is 4. The molecule has 0 aliphatic rings. The van der Waals surface area contributed by atoms with Crippen molar-refractivity contribution in [3.8, 4) is 0 Å². The van der Waals surface area contributed by atoms with Crippen LogP contribution in [0.3, 0.4) is 0 Å². The van der Waals surface area contributed by atoms with Crippen LogP contribution in [0.4, 0.5) is 0 Å². The molecule has 0 bridgehead atoms. The van der Waals surface area contributed by atoms with Crippen LogP contribution in [0.1, 0.15) is 37.6 Å². The lowest BCUT2D eigenvalue weighted by atomic mass is 10.1. The molecule has 0 aliphatic carbocycles. The second kappa shape index (κ2) is 4.26. The molecule has 1 aromatic rings. The Morgan fingerprint density at radius 3 is 2.83 bits per heavy atom. The van der Waals surface area contributed by atoms with Crippen molar-refractivity contribution in [2.75, 3.05) is 6.54 Å². The highest BCUT2D eigenvalue weighted by atomic mass is 16.5. The van der Waals surface area contributed by atoms with Crippen molar-refractivity contribution in [1.82, 2.24) is 5.16 Å². The van der Waals surface area contributed by atoms with Gasteiger partial charge in [-0.1, -0.05) is 19.0 Å². The number of aryl methyl sites for hydroxylation is 1. The average Bonchev–Trinajstić information content (AvgIpc) is 2.48. The number of aromatic nitrogens is 1. The van der Waals surface area contributed by atoms with E-state index in [1.807, 2.05) is 6.07 Å². The van der Waals surface area contributed by atoms with Gasteiger partial charge in [0.2, 0.25) is 0 Å². The van der Waals surface area contributed by atoms with Crippen LogP contribution in [-0.4, -0.2) is 11.7 Å². The van der Waals surface area contributed by atoms with Gasteiger partial charge < -0.3 is 10.3 Å². The Morgan fingerprint density at radius 1 is 1.58 bits per heavy atom. The minimum absolute atomic E-state index is 0.445. The second-order valence-corrected chi connectivity index (χ2v) is 3.27. The molecule has 0 radical (unpaired) electrons. The van der Waals surface area contributed by atoms with Gasteiger partial charge in [0.25, 0.3) is 0 Å². The predicted octanol–water partition coefficient (Wildman–Crippen LogP) is 1.69. The summed E-state index contributed by atoms with van der Waals surface area (Å²) in [5.41, 5.74) is 6.41. The van der Waals surface area contributed by atoms with Gasteiger partial charge in [0.05, 0.1) is 5.69 Å². The van der Waals surface area contributed by atoms with Crippen molar-refractivity contribution in [3.63, 3.8) is 0 Å². The fourth-order valence-electron chi connectivity index (χ4n) is 0.995. The van der Waals surface area contributed by atoms with Crippen LogP contribution in [0.25, 0.3) is 0 Å². The highest BCUT2D eigenvalue weighted by Gasteiger charge is 2.06. The van der Waals surface area contributed by atoms with E-state index in [-0.39, 0.29) is 0 Å². The van der Waals surface area contributed by atoms with E-state index in [0.717, 1.165) is 24.3 Å². The summed E-state index contributed by atoms with van der Waals surface area (Å²) in [6, 6.07) is 2.01. The fourth-order valence-corrected chi connectivity index (χ4v) is 0.995. The highest BCUT2D eigenvalue weighted by Crippen LogP contribution is 2.14. The summed E-state index contributed by atoms with van der Waals surface area (Å²) in [5.74, 6) is 1.39. The summed E-state index contributed by atoms with van der Waals surface area (Å²) >= 11 is 0. The van der Waals surface area contributed by atoms with E-state index in [1.165, 1.54) is 0 Å². The van der Waals surface area contributed by atoms with Crippen LogP contribution in [0.2, 0.25) is 0 Å². The quantitative estimate of drug-likeness (QED) is 0.744. The minimum atomic E-state index is 0.445. The molecule has 0 unspecified atom stereocenters. The molecule has 0 saturated heterocycles. The molecule has 3 nitrogen and oxygen atoms in total. The molecule has 0 atom stereocenters. The highest BCUT2D eigenvalue weighted by molar-refractivity contribution is 5.08. The molecule has 68 valence electrons. The van der Waals surface area contributed by atoms with Gasteiger partial charge in [-0.2, -0.15) is 0 Å². The monoisotopic (exact) mass is 168 g/mol. The maximum atomic E-state index is 5.38. The van der Waals surface area contributed by atoms with Crippen molar-refractivity contribution in [3.05, 3.63) is 17.5 Å². The lowest BCUT2D eigenvalue weighted by molar-refractivity contribution is 0.373. The fraction of sp³-hybridized carbons (Fsp3) is 0.667. The minimum Gasteiger partial charge on any atom is -0.361 e. The molecular formula is C9H16N2O. The smallest absolute Gasteiger partial charge is 0.137 e. The molecule has 0 spiro atoms. The van der Waals surface area contributed by atoms with Crippen LogP contribution in [0.5, 0.6) is 0 Å². The van der Waals surface area contributed by atoms with Crippen molar-refractivity contribution >= 4 is 0 Å². The molecule has 12 heavy (non-hydrogen) atoms. The predicted molar refractivity (Wildman–Crippen MR) is 48.0 cm³/mol. The van der Waals surface area contributed by atoms with E-state index in [1.54, 1.807) is 0 Å². The van der Waals surface area contributed by atoms with Gasteiger partial charge in [-0.05, 0) is 18.9 Å². The SMILES string of the molecule is CC(C)c1cc(CCCN)on1. The van der Waals surface area contributed by atoms with Gasteiger partial charge in [-0.25, -0.2) is 0 Å². The zero-order valence-electron chi connectivity index (χ0n) is 7.71. The summed E-state index contributed by atoms with van der Waals surface area (Å²) in [6.45, 7) is 4.91. The molecular weight excluding hydrogens is 152 g/mol. The Hall–Kier alpha value is -0.830. The largest absolute Gasteiger partial charge is 0.361 e. The summed E-state index contributed by atoms with van der Waals surface area (Å²) < 4.78 is 5.12. The van der Waals surface area contributed by atoms with Crippen molar-refractivity contribution in [1.29, 1.82) is 0 Å². The molecule has 3 heteroatoms. The van der Waals surface area contributed by atoms with Gasteiger partial charge in [-0.15, -0.1) is 0 Å². The Balaban J connectivity index is 2.52. The summed E-state index contributed by atoms with van der Waals surface area (Å²) in [7, 11) is 0. The third-order valence-corrected chi connectivity index (χ3v) is 1.80. The molecule has 1 rings (SSSR count). The third kappa shape index (κ3) is 2.34. The molecule has 0 saturated carbocycles. The zero-order valence-corrected chi connectivity index (χ0v) is 7.71. The third-order valence-electron chi connectivity index (χ3n) is 1.80. The Morgan fingerprint density at radius 2 is 2.33 bits per heavy atom. The first-order chi connectivity index (χ1) is 5.74. The molecule has 0 fully saturated rings. The second-order valence-electron chi connectivity index (χ2n) is 3.27. The summed E-state index contributed by atoms with van der Waals surface area (Å²) in [5, 5.41) is 3.95. The lowest BCUT2D eigenvalue weighted by Crippen LogP contribution is -1.99. The summed E-state index contributed by atoms with van der Waals surface area (Å²) in [4.78, 5) is 0. The van der Waals surface area contributed by atoms with Gasteiger partial charge >= 0.3 is 0 Å². The van der Waals surface area contributed by atoms with E-state index in [9.17, 15) is 0 Å². The number of hydrogen-bond acceptors (Lipinski definition) is 3. The number of nitrogens with zero attached hydrogens (tertiary/aromatic N) is 1. The Bertz CT molecular complexity index is 230. The van der Waals surface area contributed by atoms with Crippen molar-refractivity contribution in [2.45, 2.75) is 32.6 Å². The molecule has 1 aromatic heterocycles. The average molecular weight is 168 g/mol. The number of hydrogen-bond donors (Lipinski definition) is 1. The maximum absolute atomic E-state index is 5.38. The van der Waals surface area contributed by atoms with E-state index < -0.39 is 0 Å². The van der Waals surface area contributed by atoms with Gasteiger partial charge in [0.1, 0.15) is 5.76 Å². The maximum Gasteiger partial charge on any atom is 0.137 e. The number of nitrogens with two attached hydrogens (primary N) is 1. The van der Waals surface area contributed by atoms with Gasteiger partial charge in [0, 0.05) is 12.5 Å². The standard InChI is InChI=1S/C9H16N2O/c1-7(2)9-6-8(12-11-9)4-3-5-10/h6-7H,3-5,10H2,1-2H3. The molecule has 2 N–H and O–H groups in total. The Kier molecular flexibility index (Phi) is 3.29. The molecule has 0 aliphatic heterocycles. The van der Waals surface area contributed by atoms with Crippen LogP contribution in [0.15, 0.2) is 10.6 Å². The normalized spacial score (nSPS) is 11.0. The van der Waals surface area contributed by atoms with Gasteiger partial charge in [-0.3, -0.25) is 0 Å². The van der Waals surface area contributed by atoms with Crippen molar-refractivity contribution < 1.29 is 4.52 Å². The van der Waals surface area contributed by atoms with Crippen LogP contribution >= 0.6 is 0 Å². The topological polar surface area (TPSA) is 52.0 Å². The molecule has 0 aromatic carbocycles. The van der Waals surface area contributed by atoms with E-state index in [0.29, 0.717) is 12.5 Å². The Labute approximate surface area is 72.9 Å². The summed E-state index contributed by atoms with van der Waals surface area (Å²) in [6.07, 6.45) is 1.86. The zero-order chi connectivity index (χ0) is 8.97. The van der Waals surface area contributed by atoms with Crippen LogP contribution in [-0.2, 0) is 6.42 Å². The molecule has 1 heterocycles. The lowest BCUT2D eigenvalue weighted by Gasteiger charge is -1.93. The van der Waals surface area contributed by atoms with Crippen LogP contribution < -0.4 is 5.73 Å². The van der Waals surface area contributed by atoms with E-state index >= 15 is 0 Å². The first kappa shape index (κ1) is 9.26. The van der Waals surface area contributed by atoms with Crippen molar-refractivity contribution in [2.24, 2.45) is 5.73 Å². The van der Waals surface area contributed by atoms with Crippen LogP contribution in [0, 0.1) is 0 Å². The van der Waals surface area contributed by atoms with E-state index in [4.69, 9.17) is 10.3 Å². The van der Waals surface area contributed by atoms with E-state index in [2.05, 4.69) is 19.0 Å².